The molecule has 4 atom stereocenters. The molecule has 1 saturated heterocycles. The molecule has 7 heteroatoms. The third-order valence-electron chi connectivity index (χ3n) is 5.60. The summed E-state index contributed by atoms with van der Waals surface area (Å²) in [5.74, 6) is 0. The summed E-state index contributed by atoms with van der Waals surface area (Å²) >= 11 is -1.91. The number of nitrogens with one attached hydrogen (secondary N) is 4. The van der Waals surface area contributed by atoms with Crippen LogP contribution in [-0.4, -0.2) is 38.3 Å². The Morgan fingerprint density at radius 1 is 0.613 bits per heavy atom. The van der Waals surface area contributed by atoms with E-state index < -0.39 is 17.6 Å². The summed E-state index contributed by atoms with van der Waals surface area (Å²) in [5.41, 5.74) is 2.74. The van der Waals surface area contributed by atoms with Crippen LogP contribution in [0.5, 0.6) is 0 Å². The van der Waals surface area contributed by atoms with Gasteiger partial charge >= 0.3 is 24.6 Å². The minimum atomic E-state index is -1.91. The van der Waals surface area contributed by atoms with Crippen LogP contribution in [0.1, 0.15) is 49.9 Å². The first-order valence-corrected chi connectivity index (χ1v) is 12.6. The van der Waals surface area contributed by atoms with Gasteiger partial charge in [-0.15, -0.1) is 0 Å². The summed E-state index contributed by atoms with van der Waals surface area (Å²) < 4.78 is 17.0. The molecule has 2 aromatic carbocycles. The van der Waals surface area contributed by atoms with Crippen LogP contribution in [0.25, 0.3) is 0 Å². The van der Waals surface area contributed by atoms with Gasteiger partial charge in [0.05, 0.1) is 0 Å². The topological polar surface area (TPSA) is 82.3 Å². The van der Waals surface area contributed by atoms with Gasteiger partial charge in [-0.25, -0.2) is 0 Å². The summed E-state index contributed by atoms with van der Waals surface area (Å²) in [5, 5.41) is 14.9. The Balaban J connectivity index is 0.00000107. The van der Waals surface area contributed by atoms with E-state index >= 15 is 0 Å². The molecule has 3 rings (SSSR count). The second-order valence-electron chi connectivity index (χ2n) is 8.08. The molecule has 1 aliphatic rings. The van der Waals surface area contributed by atoms with Crippen LogP contribution >= 0.6 is 0 Å². The van der Waals surface area contributed by atoms with E-state index in [1.165, 1.54) is 11.1 Å². The Bertz CT molecular complexity index is 697. The molecule has 171 valence electrons. The Hall–Kier alpha value is -1.47. The molecule has 2 aromatic rings. The van der Waals surface area contributed by atoms with Crippen LogP contribution in [0.3, 0.4) is 0 Å². The molecule has 31 heavy (non-hydrogen) atoms. The average molecular weight is 511 g/mol. The quantitative estimate of drug-likeness (QED) is 0.497. The van der Waals surface area contributed by atoms with Crippen molar-refractivity contribution in [1.29, 1.82) is 0 Å². The minimum absolute atomic E-state index is 0.371. The third-order valence-corrected chi connectivity index (χ3v) is 5.60. The van der Waals surface area contributed by atoms with E-state index in [0.29, 0.717) is 24.2 Å². The standard InChI is InChI=1S/C24H36N4.2O.Tc/c1-19-17-23(21-9-5-3-6-10-21)27-15-16-28-24(22-11-7-4-8-12-22)18-20(2)26-14-13-25-19;;;/h3-12,19-20,23-28H,13-18H2,1-2H3;;;. The second-order valence-corrected chi connectivity index (χ2v) is 8.39. The summed E-state index contributed by atoms with van der Waals surface area (Å²) in [7, 11) is 0. The van der Waals surface area contributed by atoms with E-state index in [1.807, 2.05) is 0 Å². The fraction of sp³-hybridized carbons (Fsp3) is 0.500. The van der Waals surface area contributed by atoms with Gasteiger partial charge in [-0.05, 0) is 37.8 Å². The molecule has 0 amide bonds. The van der Waals surface area contributed by atoms with E-state index in [2.05, 4.69) is 95.8 Å². The molecule has 1 heterocycles. The van der Waals surface area contributed by atoms with Crippen molar-refractivity contribution in [3.05, 3.63) is 71.8 Å². The molecule has 4 N–H and O–H groups in total. The van der Waals surface area contributed by atoms with Crippen molar-refractivity contribution in [1.82, 2.24) is 21.3 Å². The average Bonchev–Trinajstić information content (AvgIpc) is 2.79. The van der Waals surface area contributed by atoms with Crippen LogP contribution in [0, 0.1) is 0 Å². The van der Waals surface area contributed by atoms with Crippen molar-refractivity contribution in [3.8, 4) is 0 Å². The summed E-state index contributed by atoms with van der Waals surface area (Å²) in [6, 6.07) is 23.3. The van der Waals surface area contributed by atoms with Gasteiger partial charge in [-0.2, -0.15) is 0 Å². The molecule has 0 bridgehead atoms. The van der Waals surface area contributed by atoms with Crippen molar-refractivity contribution in [2.45, 2.75) is 50.9 Å². The number of hydrogen-bond donors (Lipinski definition) is 4. The third kappa shape index (κ3) is 10.1. The van der Waals surface area contributed by atoms with Gasteiger partial charge in [0.2, 0.25) is 0 Å². The SMILES string of the molecule is CC1CC(c2ccccc2)NCCNC(c2ccccc2)CC(C)NCCN1.[O]=[Tc]=[O]. The van der Waals surface area contributed by atoms with E-state index in [0.717, 1.165) is 39.0 Å². The van der Waals surface area contributed by atoms with Gasteiger partial charge in [-0.3, -0.25) is 0 Å². The van der Waals surface area contributed by atoms with Crippen molar-refractivity contribution in [2.24, 2.45) is 0 Å². The van der Waals surface area contributed by atoms with Crippen LogP contribution in [-0.2, 0) is 24.6 Å². The predicted molar refractivity (Wildman–Crippen MR) is 120 cm³/mol. The fourth-order valence-electron chi connectivity index (χ4n) is 4.05. The first-order valence-electron chi connectivity index (χ1n) is 11.1. The predicted octanol–water partition coefficient (Wildman–Crippen LogP) is 3.16. The zero-order valence-corrected chi connectivity index (χ0v) is 20.4. The van der Waals surface area contributed by atoms with Gasteiger partial charge in [-0.1, -0.05) is 60.7 Å². The number of benzene rings is 2. The molecular weight excluding hydrogens is 474 g/mol. The van der Waals surface area contributed by atoms with Crippen molar-refractivity contribution in [3.63, 3.8) is 0 Å². The second kappa shape index (κ2) is 15.4. The Kier molecular flexibility index (Phi) is 12.8. The normalized spacial score (nSPS) is 26.0. The van der Waals surface area contributed by atoms with E-state index in [9.17, 15) is 0 Å². The van der Waals surface area contributed by atoms with Gasteiger partial charge in [0, 0.05) is 50.3 Å². The molecule has 0 spiro atoms. The molecular formula is C24H36N4O2Tc. The Morgan fingerprint density at radius 2 is 0.935 bits per heavy atom. The first-order chi connectivity index (χ1) is 15.1. The van der Waals surface area contributed by atoms with E-state index in [-0.39, 0.29) is 0 Å². The van der Waals surface area contributed by atoms with Crippen LogP contribution in [0.4, 0.5) is 0 Å². The Morgan fingerprint density at radius 3 is 1.29 bits per heavy atom. The molecule has 0 saturated carbocycles. The zero-order valence-electron chi connectivity index (χ0n) is 18.5. The first kappa shape index (κ1) is 25.8. The fourth-order valence-corrected chi connectivity index (χ4v) is 4.05. The molecule has 0 aliphatic carbocycles. The van der Waals surface area contributed by atoms with Crippen LogP contribution < -0.4 is 21.3 Å². The summed E-state index contributed by atoms with van der Waals surface area (Å²) in [4.78, 5) is 0. The van der Waals surface area contributed by atoms with Gasteiger partial charge < -0.3 is 21.3 Å². The molecule has 1 aliphatic heterocycles. The van der Waals surface area contributed by atoms with Crippen LogP contribution in [0.15, 0.2) is 60.7 Å². The van der Waals surface area contributed by atoms with Crippen molar-refractivity contribution < 1.29 is 24.6 Å². The van der Waals surface area contributed by atoms with Crippen molar-refractivity contribution >= 4 is 0 Å². The maximum absolute atomic E-state index is 8.48. The molecule has 6 nitrogen and oxygen atoms in total. The zero-order chi connectivity index (χ0) is 22.3. The number of rotatable bonds is 2. The monoisotopic (exact) mass is 509 g/mol. The summed E-state index contributed by atoms with van der Waals surface area (Å²) in [6.45, 7) is 8.48. The van der Waals surface area contributed by atoms with E-state index in [1.54, 1.807) is 0 Å². The Labute approximate surface area is 194 Å². The maximum atomic E-state index is 8.48. The summed E-state index contributed by atoms with van der Waals surface area (Å²) in [6.07, 6.45) is 2.17. The van der Waals surface area contributed by atoms with Gasteiger partial charge in [0.25, 0.3) is 0 Å². The number of hydrogen-bond acceptors (Lipinski definition) is 6. The van der Waals surface area contributed by atoms with E-state index in [4.69, 9.17) is 7.01 Å². The molecule has 0 radical (unpaired) electrons. The molecule has 1 fully saturated rings. The van der Waals surface area contributed by atoms with Gasteiger partial charge in [0.1, 0.15) is 0 Å². The molecule has 4 unspecified atom stereocenters. The molecule has 0 aromatic heterocycles. The van der Waals surface area contributed by atoms with Crippen molar-refractivity contribution in [2.75, 3.05) is 26.2 Å². The van der Waals surface area contributed by atoms with Crippen LogP contribution in [0.2, 0.25) is 0 Å². The van der Waals surface area contributed by atoms with Gasteiger partial charge in [0.15, 0.2) is 0 Å².